The lowest BCUT2D eigenvalue weighted by Gasteiger charge is -2.11. The van der Waals surface area contributed by atoms with Gasteiger partial charge in [-0.05, 0) is 18.9 Å². The van der Waals surface area contributed by atoms with Crippen molar-refractivity contribution in [3.05, 3.63) is 39.7 Å². The Hall–Kier alpha value is -2.02. The molecule has 1 amide bonds. The fourth-order valence-electron chi connectivity index (χ4n) is 2.34. The van der Waals surface area contributed by atoms with Crippen molar-refractivity contribution in [3.8, 4) is 0 Å². The lowest BCUT2D eigenvalue weighted by molar-refractivity contribution is -0.384. The molecule has 1 fully saturated rings. The molecule has 0 aromatic heterocycles. The van der Waals surface area contributed by atoms with E-state index in [0.717, 1.165) is 43.9 Å². The van der Waals surface area contributed by atoms with E-state index in [1.165, 1.54) is 0 Å². The molecular formula is C14H17FN2O4. The zero-order valence-corrected chi connectivity index (χ0v) is 11.5. The standard InChI is InChI=1S/C14H17FN2O4/c15-13-6-5-10(17(19)20)9-12(13)14(18)16-7-8-21-11-3-1-2-4-11/h5-6,9,11H,1-4,7-8H2,(H,16,18). The average molecular weight is 296 g/mol. The first kappa shape index (κ1) is 15.4. The minimum Gasteiger partial charge on any atom is -0.376 e. The van der Waals surface area contributed by atoms with E-state index in [4.69, 9.17) is 4.74 Å². The van der Waals surface area contributed by atoms with Crippen LogP contribution in [0.15, 0.2) is 18.2 Å². The highest BCUT2D eigenvalue weighted by Gasteiger charge is 2.17. The fraction of sp³-hybridized carbons (Fsp3) is 0.500. The molecule has 0 heterocycles. The molecule has 6 nitrogen and oxygen atoms in total. The van der Waals surface area contributed by atoms with Gasteiger partial charge in [0.2, 0.25) is 0 Å². The van der Waals surface area contributed by atoms with Gasteiger partial charge < -0.3 is 10.1 Å². The summed E-state index contributed by atoms with van der Waals surface area (Å²) in [5.41, 5.74) is -0.645. The van der Waals surface area contributed by atoms with Crippen LogP contribution in [0.2, 0.25) is 0 Å². The summed E-state index contributed by atoms with van der Waals surface area (Å²) in [7, 11) is 0. The van der Waals surface area contributed by atoms with Crippen molar-refractivity contribution >= 4 is 11.6 Å². The Balaban J connectivity index is 1.84. The molecular weight excluding hydrogens is 279 g/mol. The van der Waals surface area contributed by atoms with Crippen molar-refractivity contribution in [1.29, 1.82) is 0 Å². The maximum Gasteiger partial charge on any atom is 0.270 e. The van der Waals surface area contributed by atoms with Crippen LogP contribution in [0.5, 0.6) is 0 Å². The van der Waals surface area contributed by atoms with Gasteiger partial charge in [-0.25, -0.2) is 4.39 Å². The Morgan fingerprint density at radius 1 is 1.43 bits per heavy atom. The lowest BCUT2D eigenvalue weighted by atomic mass is 10.1. The monoisotopic (exact) mass is 296 g/mol. The molecule has 1 N–H and O–H groups in total. The normalized spacial score (nSPS) is 15.1. The van der Waals surface area contributed by atoms with E-state index < -0.39 is 16.6 Å². The Morgan fingerprint density at radius 3 is 2.81 bits per heavy atom. The summed E-state index contributed by atoms with van der Waals surface area (Å²) in [6, 6.07) is 2.87. The van der Waals surface area contributed by atoms with E-state index in [1.807, 2.05) is 0 Å². The number of nitro groups is 1. The van der Waals surface area contributed by atoms with Gasteiger partial charge in [-0.15, -0.1) is 0 Å². The van der Waals surface area contributed by atoms with Gasteiger partial charge in [0.1, 0.15) is 5.82 Å². The minimum atomic E-state index is -0.783. The number of nitrogens with one attached hydrogen (secondary N) is 1. The first-order valence-corrected chi connectivity index (χ1v) is 6.91. The number of amides is 1. The highest BCUT2D eigenvalue weighted by atomic mass is 19.1. The van der Waals surface area contributed by atoms with Crippen LogP contribution in [0.1, 0.15) is 36.0 Å². The van der Waals surface area contributed by atoms with Crippen molar-refractivity contribution in [1.82, 2.24) is 5.32 Å². The van der Waals surface area contributed by atoms with Crippen LogP contribution >= 0.6 is 0 Å². The smallest absolute Gasteiger partial charge is 0.270 e. The van der Waals surface area contributed by atoms with E-state index in [1.54, 1.807) is 0 Å². The molecule has 1 aromatic rings. The van der Waals surface area contributed by atoms with E-state index in [0.29, 0.717) is 6.61 Å². The average Bonchev–Trinajstić information content (AvgIpc) is 2.96. The number of rotatable bonds is 6. The van der Waals surface area contributed by atoms with Gasteiger partial charge >= 0.3 is 0 Å². The molecule has 0 bridgehead atoms. The van der Waals surface area contributed by atoms with Crippen molar-refractivity contribution in [2.24, 2.45) is 0 Å². The summed E-state index contributed by atoms with van der Waals surface area (Å²) >= 11 is 0. The molecule has 21 heavy (non-hydrogen) atoms. The zero-order chi connectivity index (χ0) is 15.2. The molecule has 1 aliphatic carbocycles. The van der Waals surface area contributed by atoms with Crippen molar-refractivity contribution in [3.63, 3.8) is 0 Å². The van der Waals surface area contributed by atoms with Crippen LogP contribution in [0.4, 0.5) is 10.1 Å². The quantitative estimate of drug-likeness (QED) is 0.496. The number of hydrogen-bond donors (Lipinski definition) is 1. The van der Waals surface area contributed by atoms with Crippen LogP contribution < -0.4 is 5.32 Å². The number of carbonyl (C=O) groups is 1. The predicted octanol–water partition coefficient (Wildman–Crippen LogP) is 2.42. The van der Waals surface area contributed by atoms with Crippen LogP contribution in [0, 0.1) is 15.9 Å². The zero-order valence-electron chi connectivity index (χ0n) is 11.5. The molecule has 0 radical (unpaired) electrons. The molecule has 2 rings (SSSR count). The van der Waals surface area contributed by atoms with E-state index >= 15 is 0 Å². The molecule has 7 heteroatoms. The highest BCUT2D eigenvalue weighted by Crippen LogP contribution is 2.20. The van der Waals surface area contributed by atoms with E-state index in [-0.39, 0.29) is 23.9 Å². The van der Waals surface area contributed by atoms with Crippen LogP contribution in [-0.2, 0) is 4.74 Å². The predicted molar refractivity (Wildman–Crippen MR) is 73.6 cm³/mol. The van der Waals surface area contributed by atoms with Gasteiger partial charge in [-0.2, -0.15) is 0 Å². The molecule has 0 saturated heterocycles. The summed E-state index contributed by atoms with van der Waals surface area (Å²) < 4.78 is 19.1. The Labute approximate surface area is 121 Å². The number of nitro benzene ring substituents is 1. The van der Waals surface area contributed by atoms with Gasteiger partial charge in [0.25, 0.3) is 11.6 Å². The highest BCUT2D eigenvalue weighted by molar-refractivity contribution is 5.95. The molecule has 114 valence electrons. The molecule has 0 spiro atoms. The number of ether oxygens (including phenoxy) is 1. The number of benzene rings is 1. The Bertz CT molecular complexity index is 530. The maximum absolute atomic E-state index is 13.5. The molecule has 1 aliphatic rings. The summed E-state index contributed by atoms with van der Waals surface area (Å²) in [4.78, 5) is 21.8. The van der Waals surface area contributed by atoms with Gasteiger partial charge in [-0.1, -0.05) is 12.8 Å². The third-order valence-corrected chi connectivity index (χ3v) is 3.45. The summed E-state index contributed by atoms with van der Waals surface area (Å²) in [6.07, 6.45) is 4.64. The molecule has 0 aliphatic heterocycles. The number of nitrogens with zero attached hydrogens (tertiary/aromatic N) is 1. The van der Waals surface area contributed by atoms with Crippen molar-refractivity contribution < 1.29 is 18.8 Å². The summed E-state index contributed by atoms with van der Waals surface area (Å²) in [5, 5.41) is 13.1. The van der Waals surface area contributed by atoms with Gasteiger partial charge in [0.15, 0.2) is 0 Å². The number of hydrogen-bond acceptors (Lipinski definition) is 4. The second kappa shape index (κ2) is 7.12. The molecule has 1 aromatic carbocycles. The largest absolute Gasteiger partial charge is 0.376 e. The second-order valence-electron chi connectivity index (χ2n) is 4.95. The van der Waals surface area contributed by atoms with E-state index in [2.05, 4.69) is 5.32 Å². The van der Waals surface area contributed by atoms with Crippen LogP contribution in [0.25, 0.3) is 0 Å². The van der Waals surface area contributed by atoms with Crippen molar-refractivity contribution in [2.75, 3.05) is 13.2 Å². The lowest BCUT2D eigenvalue weighted by Crippen LogP contribution is -2.29. The SMILES string of the molecule is O=C(NCCOC1CCCC1)c1cc([N+](=O)[O-])ccc1F. The third-order valence-electron chi connectivity index (χ3n) is 3.45. The number of halogens is 1. The number of non-ortho nitro benzene ring substituents is 1. The topological polar surface area (TPSA) is 81.5 Å². The minimum absolute atomic E-state index is 0.247. The van der Waals surface area contributed by atoms with Crippen molar-refractivity contribution in [2.45, 2.75) is 31.8 Å². The van der Waals surface area contributed by atoms with Gasteiger partial charge in [0.05, 0.1) is 23.2 Å². The summed E-state index contributed by atoms with van der Waals surface area (Å²) in [5.74, 6) is -1.46. The number of carbonyl (C=O) groups excluding carboxylic acids is 1. The third kappa shape index (κ3) is 4.22. The second-order valence-corrected chi connectivity index (χ2v) is 4.95. The maximum atomic E-state index is 13.5. The molecule has 0 unspecified atom stereocenters. The van der Waals surface area contributed by atoms with Crippen LogP contribution in [0.3, 0.4) is 0 Å². The molecule has 1 saturated carbocycles. The first-order valence-electron chi connectivity index (χ1n) is 6.91. The first-order chi connectivity index (χ1) is 10.1. The van der Waals surface area contributed by atoms with Gasteiger partial charge in [0, 0.05) is 18.7 Å². The van der Waals surface area contributed by atoms with Crippen LogP contribution in [-0.4, -0.2) is 30.1 Å². The Morgan fingerprint density at radius 2 is 2.14 bits per heavy atom. The van der Waals surface area contributed by atoms with Gasteiger partial charge in [-0.3, -0.25) is 14.9 Å². The molecule has 0 atom stereocenters. The van der Waals surface area contributed by atoms with E-state index in [9.17, 15) is 19.3 Å². The summed E-state index contributed by atoms with van der Waals surface area (Å²) in [6.45, 7) is 0.602. The fourth-order valence-corrected chi connectivity index (χ4v) is 2.34. The Kier molecular flexibility index (Phi) is 5.21.